The smallest absolute Gasteiger partial charge is 0.726 e. The molecule has 0 aliphatic carbocycles. The first-order chi connectivity index (χ1) is 11.5. The average molecular weight is 401 g/mol. The van der Waals surface area contributed by atoms with Gasteiger partial charge in [-0.15, -0.1) is 0 Å². The van der Waals surface area contributed by atoms with Crippen molar-refractivity contribution in [1.29, 1.82) is 0 Å². The van der Waals surface area contributed by atoms with E-state index in [1.807, 2.05) is 6.08 Å². The van der Waals surface area contributed by atoms with E-state index in [0.717, 1.165) is 25.7 Å². The fourth-order valence-electron chi connectivity index (χ4n) is 2.75. The van der Waals surface area contributed by atoms with E-state index < -0.39 is 10.4 Å². The zero-order chi connectivity index (χ0) is 18.1. The van der Waals surface area contributed by atoms with E-state index in [1.165, 1.54) is 57.8 Å². The van der Waals surface area contributed by atoms with Gasteiger partial charge in [-0.1, -0.05) is 90.2 Å². The van der Waals surface area contributed by atoms with Gasteiger partial charge in [-0.3, -0.25) is 4.18 Å². The van der Waals surface area contributed by atoms with E-state index in [0.29, 0.717) is 0 Å². The van der Waals surface area contributed by atoms with Gasteiger partial charge in [0.15, 0.2) is 0 Å². The fraction of sp³-hybridized carbons (Fsp3) is 0.895. The molecule has 0 aromatic carbocycles. The maximum absolute atomic E-state index is 10.6. The van der Waals surface area contributed by atoms with E-state index in [4.69, 9.17) is 0 Å². The Morgan fingerprint density at radius 3 is 1.96 bits per heavy atom. The molecule has 0 spiro atoms. The molecule has 1 unspecified atom stereocenters. The van der Waals surface area contributed by atoms with E-state index in [1.54, 1.807) is 0 Å². The Bertz CT molecular complexity index is 396. The van der Waals surface area contributed by atoms with Crippen LogP contribution in [0.15, 0.2) is 12.2 Å². The van der Waals surface area contributed by atoms with Crippen molar-refractivity contribution in [1.82, 2.24) is 0 Å². The number of hydrogen-bond acceptors (Lipinski definition) is 4. The van der Waals surface area contributed by atoms with Crippen LogP contribution in [0.1, 0.15) is 97.3 Å². The summed E-state index contributed by atoms with van der Waals surface area (Å²) in [5.41, 5.74) is 0. The van der Waals surface area contributed by atoms with Crippen LogP contribution in [0.25, 0.3) is 0 Å². The Kier molecular flexibility index (Phi) is 22.8. The second-order valence-electron chi connectivity index (χ2n) is 6.64. The Labute approximate surface area is 198 Å². The van der Waals surface area contributed by atoms with Gasteiger partial charge in [0.05, 0.1) is 6.61 Å². The minimum Gasteiger partial charge on any atom is -0.726 e. The molecular formula is C19H37KO4S. The standard InChI is InChI=1S/C19H38O4S.K/c1-3-5-7-9-10-11-12-13-15-17-19(16-14-8-6-4-2)18-23-24(20,21)22;/h15,17,19H,3-14,16,18H2,1-2H3,(H,20,21,22);/q;+1/p-1/b17-15+;. The summed E-state index contributed by atoms with van der Waals surface area (Å²) in [6.07, 6.45) is 19.6. The molecule has 0 aliphatic heterocycles. The first-order valence-corrected chi connectivity index (χ1v) is 11.1. The van der Waals surface area contributed by atoms with Crippen molar-refractivity contribution in [2.45, 2.75) is 97.3 Å². The molecule has 0 aliphatic rings. The molecule has 0 heterocycles. The summed E-state index contributed by atoms with van der Waals surface area (Å²) in [6, 6.07) is 0. The number of unbranched alkanes of at least 4 members (excludes halogenated alkanes) is 10. The van der Waals surface area contributed by atoms with Crippen LogP contribution >= 0.6 is 0 Å². The van der Waals surface area contributed by atoms with Crippen LogP contribution in [-0.4, -0.2) is 19.6 Å². The molecule has 0 aromatic heterocycles. The van der Waals surface area contributed by atoms with Gasteiger partial charge < -0.3 is 4.55 Å². The maximum Gasteiger partial charge on any atom is 1.00 e. The van der Waals surface area contributed by atoms with Gasteiger partial charge in [-0.2, -0.15) is 0 Å². The van der Waals surface area contributed by atoms with Crippen molar-refractivity contribution in [3.8, 4) is 0 Å². The van der Waals surface area contributed by atoms with Crippen molar-refractivity contribution in [2.75, 3.05) is 6.61 Å². The normalized spacial score (nSPS) is 13.1. The summed E-state index contributed by atoms with van der Waals surface area (Å²) in [5, 5.41) is 0. The molecular weight excluding hydrogens is 363 g/mol. The first kappa shape index (κ1) is 28.5. The van der Waals surface area contributed by atoms with Crippen LogP contribution in [0.4, 0.5) is 0 Å². The fourth-order valence-corrected chi connectivity index (χ4v) is 3.09. The summed E-state index contributed by atoms with van der Waals surface area (Å²) in [6.45, 7) is 4.36. The Morgan fingerprint density at radius 1 is 0.880 bits per heavy atom. The number of allylic oxidation sites excluding steroid dienone is 1. The molecule has 25 heavy (non-hydrogen) atoms. The third kappa shape index (κ3) is 23.2. The molecule has 0 fully saturated rings. The van der Waals surface area contributed by atoms with Crippen LogP contribution in [-0.2, 0) is 14.6 Å². The molecule has 4 nitrogen and oxygen atoms in total. The second-order valence-corrected chi connectivity index (χ2v) is 7.69. The van der Waals surface area contributed by atoms with Gasteiger partial charge in [0.2, 0.25) is 10.4 Å². The third-order valence-electron chi connectivity index (χ3n) is 4.24. The van der Waals surface area contributed by atoms with E-state index in [-0.39, 0.29) is 63.9 Å². The molecule has 0 bridgehead atoms. The summed E-state index contributed by atoms with van der Waals surface area (Å²) in [7, 11) is -4.59. The van der Waals surface area contributed by atoms with Crippen LogP contribution < -0.4 is 51.4 Å². The zero-order valence-electron chi connectivity index (χ0n) is 16.7. The summed E-state index contributed by atoms with van der Waals surface area (Å²) in [5.74, 6) is 0.0233. The predicted molar refractivity (Wildman–Crippen MR) is 99.6 cm³/mol. The third-order valence-corrected chi connectivity index (χ3v) is 4.66. The predicted octanol–water partition coefficient (Wildman–Crippen LogP) is 2.75. The van der Waals surface area contributed by atoms with Crippen molar-refractivity contribution in [3.63, 3.8) is 0 Å². The summed E-state index contributed by atoms with van der Waals surface area (Å²) < 4.78 is 36.3. The topological polar surface area (TPSA) is 66.4 Å². The number of rotatable bonds is 17. The van der Waals surface area contributed by atoms with E-state index in [2.05, 4.69) is 24.1 Å². The van der Waals surface area contributed by atoms with Crippen molar-refractivity contribution < 1.29 is 68.5 Å². The SMILES string of the molecule is CCCCCCCCC/C=C/C(CCCCCC)COS(=O)(=O)[O-].[K+]. The van der Waals surface area contributed by atoms with Crippen molar-refractivity contribution in [3.05, 3.63) is 12.2 Å². The van der Waals surface area contributed by atoms with Gasteiger partial charge >= 0.3 is 51.4 Å². The zero-order valence-corrected chi connectivity index (χ0v) is 20.6. The van der Waals surface area contributed by atoms with Crippen molar-refractivity contribution >= 4 is 10.4 Å². The molecule has 0 radical (unpaired) electrons. The minimum atomic E-state index is -4.59. The van der Waals surface area contributed by atoms with Gasteiger partial charge in [-0.05, 0) is 19.3 Å². The quantitative estimate of drug-likeness (QED) is 0.124. The average Bonchev–Trinajstić information content (AvgIpc) is 2.53. The second kappa shape index (κ2) is 20.0. The molecule has 0 saturated carbocycles. The molecule has 6 heteroatoms. The Morgan fingerprint density at radius 2 is 1.40 bits per heavy atom. The molecule has 1 atom stereocenters. The van der Waals surface area contributed by atoms with E-state index >= 15 is 0 Å². The first-order valence-electron chi connectivity index (χ1n) is 9.76. The molecule has 0 N–H and O–H groups in total. The molecule has 0 aromatic rings. The van der Waals surface area contributed by atoms with E-state index in [9.17, 15) is 13.0 Å². The molecule has 0 saturated heterocycles. The Hall–Kier alpha value is 1.25. The number of hydrogen-bond donors (Lipinski definition) is 0. The Balaban J connectivity index is 0. The molecule has 0 rings (SSSR count). The van der Waals surface area contributed by atoms with Crippen LogP contribution in [0.5, 0.6) is 0 Å². The van der Waals surface area contributed by atoms with Crippen LogP contribution in [0.3, 0.4) is 0 Å². The molecule has 0 amide bonds. The summed E-state index contributed by atoms with van der Waals surface area (Å²) >= 11 is 0. The van der Waals surface area contributed by atoms with Crippen molar-refractivity contribution in [2.24, 2.45) is 5.92 Å². The van der Waals surface area contributed by atoms with Crippen LogP contribution in [0.2, 0.25) is 0 Å². The van der Waals surface area contributed by atoms with Gasteiger partial charge in [0.1, 0.15) is 0 Å². The summed E-state index contributed by atoms with van der Waals surface area (Å²) in [4.78, 5) is 0. The van der Waals surface area contributed by atoms with Crippen LogP contribution in [0, 0.1) is 5.92 Å². The van der Waals surface area contributed by atoms with Gasteiger partial charge in [0, 0.05) is 5.92 Å². The molecule has 144 valence electrons. The van der Waals surface area contributed by atoms with Gasteiger partial charge in [-0.25, -0.2) is 8.42 Å². The minimum absolute atomic E-state index is 0. The van der Waals surface area contributed by atoms with Gasteiger partial charge in [0.25, 0.3) is 0 Å². The largest absolute Gasteiger partial charge is 1.00 e. The monoisotopic (exact) mass is 400 g/mol. The maximum atomic E-state index is 10.6.